The van der Waals surface area contributed by atoms with Gasteiger partial charge in [0.2, 0.25) is 0 Å². The summed E-state index contributed by atoms with van der Waals surface area (Å²) < 4.78 is 13.8. The first kappa shape index (κ1) is 43.9. The lowest BCUT2D eigenvalue weighted by Crippen LogP contribution is -2.14. The van der Waals surface area contributed by atoms with Gasteiger partial charge in [-0.3, -0.25) is 0 Å². The van der Waals surface area contributed by atoms with Gasteiger partial charge in [-0.15, -0.1) is 0 Å². The van der Waals surface area contributed by atoms with Gasteiger partial charge in [0, 0.05) is 6.07 Å². The molecule has 0 aliphatic heterocycles. The number of hydrogen-bond donors (Lipinski definition) is 0. The van der Waals surface area contributed by atoms with Gasteiger partial charge >= 0.3 is 0 Å². The highest BCUT2D eigenvalue weighted by Crippen LogP contribution is 2.41. The molecule has 56 heavy (non-hydrogen) atoms. The first-order valence-electron chi connectivity index (χ1n) is 23.7. The maximum Gasteiger partial charge on any atom is 0.123 e. The van der Waals surface area contributed by atoms with Gasteiger partial charge in [-0.05, 0) is 93.1 Å². The van der Waals surface area contributed by atoms with E-state index in [1.807, 2.05) is 0 Å². The minimum atomic E-state index is 0.602. The first-order valence-corrected chi connectivity index (χ1v) is 23.7. The Morgan fingerprint density at radius 1 is 0.393 bits per heavy atom. The van der Waals surface area contributed by atoms with Crippen molar-refractivity contribution in [3.05, 3.63) is 72.8 Å². The Labute approximate surface area is 342 Å². The minimum Gasteiger partial charge on any atom is -0.493 e. The van der Waals surface area contributed by atoms with Crippen LogP contribution in [0.2, 0.25) is 0 Å². The van der Waals surface area contributed by atoms with Crippen LogP contribution in [0.25, 0.3) is 43.4 Å². The highest BCUT2D eigenvalue weighted by molar-refractivity contribution is 6.25. The van der Waals surface area contributed by atoms with Gasteiger partial charge in [-0.2, -0.15) is 0 Å². The molecule has 5 aromatic carbocycles. The number of hydrogen-bond acceptors (Lipinski definition) is 2. The van der Waals surface area contributed by atoms with Gasteiger partial charge in [0.15, 0.2) is 0 Å². The molecule has 0 N–H and O–H groups in total. The average Bonchev–Trinajstić information content (AvgIpc) is 3.23. The van der Waals surface area contributed by atoms with Crippen molar-refractivity contribution in [2.24, 2.45) is 11.8 Å². The topological polar surface area (TPSA) is 18.5 Å². The van der Waals surface area contributed by atoms with Crippen LogP contribution in [0.4, 0.5) is 0 Å². The van der Waals surface area contributed by atoms with E-state index in [0.29, 0.717) is 11.8 Å². The lowest BCUT2D eigenvalue weighted by atomic mass is 9.90. The van der Waals surface area contributed by atoms with Crippen LogP contribution in [0.15, 0.2) is 72.8 Å². The molecular weight excluding hydrogens is 681 g/mol. The number of unbranched alkanes of at least 4 members (excludes halogenated alkanes) is 16. The van der Waals surface area contributed by atoms with E-state index in [2.05, 4.69) is 100 Å². The van der Waals surface area contributed by atoms with Crippen LogP contribution in [0.5, 0.6) is 11.5 Å². The molecule has 0 saturated carbocycles. The van der Waals surface area contributed by atoms with Crippen molar-refractivity contribution in [3.8, 4) is 22.6 Å². The predicted molar refractivity (Wildman–Crippen MR) is 247 cm³/mol. The lowest BCUT2D eigenvalue weighted by molar-refractivity contribution is 0.214. The molecule has 2 unspecified atom stereocenters. The molecule has 5 aromatic rings. The lowest BCUT2D eigenvalue weighted by Gasteiger charge is -2.21. The van der Waals surface area contributed by atoms with Gasteiger partial charge < -0.3 is 9.47 Å². The van der Waals surface area contributed by atoms with Crippen molar-refractivity contribution in [3.63, 3.8) is 0 Å². The molecule has 0 bridgehead atoms. The standard InChI is InChI=1S/C54H78O2/c1-5-9-13-17-19-23-28-43(26-21-15-11-7-3)41-55-49-38-48(51-36-34-47-33-32-45-30-25-31-46-35-37-52(51)54(47)53(45)46)39-50(40-49)56-42-44(27-22-16-12-8-4)29-24-20-18-14-10-6-2/h25,30-40,43-44H,5-24,26-29,41-42H2,1-4H3. The maximum atomic E-state index is 6.88. The smallest absolute Gasteiger partial charge is 0.123 e. The second-order valence-corrected chi connectivity index (χ2v) is 17.3. The zero-order valence-electron chi connectivity index (χ0n) is 36.3. The van der Waals surface area contributed by atoms with Crippen molar-refractivity contribution in [2.75, 3.05) is 13.2 Å². The fourth-order valence-electron chi connectivity index (χ4n) is 9.08. The van der Waals surface area contributed by atoms with Gasteiger partial charge in [-0.25, -0.2) is 0 Å². The molecule has 0 radical (unpaired) electrons. The number of ether oxygens (including phenoxy) is 2. The third-order valence-corrected chi connectivity index (χ3v) is 12.6. The molecule has 0 aromatic heterocycles. The fourth-order valence-corrected chi connectivity index (χ4v) is 9.08. The summed E-state index contributed by atoms with van der Waals surface area (Å²) in [7, 11) is 0. The van der Waals surface area contributed by atoms with E-state index in [9.17, 15) is 0 Å². The third-order valence-electron chi connectivity index (χ3n) is 12.6. The highest BCUT2D eigenvalue weighted by Gasteiger charge is 2.17. The van der Waals surface area contributed by atoms with E-state index in [1.54, 1.807) is 0 Å². The van der Waals surface area contributed by atoms with Crippen molar-refractivity contribution in [2.45, 2.75) is 182 Å². The maximum absolute atomic E-state index is 6.88. The summed E-state index contributed by atoms with van der Waals surface area (Å²) in [6, 6.07) is 27.4. The Morgan fingerprint density at radius 3 is 1.27 bits per heavy atom. The van der Waals surface area contributed by atoms with E-state index in [0.717, 1.165) is 24.7 Å². The SMILES string of the molecule is CCCCCCCCC(CCCCCC)COc1cc(OCC(CCCCCC)CCCCCCCC)cc(-c2ccc3ccc4cccc5ccc2c3c45)c1. The summed E-state index contributed by atoms with van der Waals surface area (Å²) in [4.78, 5) is 0. The van der Waals surface area contributed by atoms with E-state index < -0.39 is 0 Å². The zero-order chi connectivity index (χ0) is 39.2. The van der Waals surface area contributed by atoms with E-state index >= 15 is 0 Å². The summed E-state index contributed by atoms with van der Waals surface area (Å²) in [6.45, 7) is 10.8. The number of rotatable bonds is 31. The quantitative estimate of drug-likeness (QED) is 0.0331. The van der Waals surface area contributed by atoms with E-state index in [1.165, 1.54) is 198 Å². The molecule has 0 amide bonds. The summed E-state index contributed by atoms with van der Waals surface area (Å²) in [5.41, 5.74) is 2.46. The Bertz CT molecular complexity index is 1720. The number of benzene rings is 5. The molecule has 0 spiro atoms. The van der Waals surface area contributed by atoms with Crippen LogP contribution in [-0.4, -0.2) is 13.2 Å². The zero-order valence-corrected chi connectivity index (χ0v) is 36.3. The van der Waals surface area contributed by atoms with E-state index in [4.69, 9.17) is 9.47 Å². The minimum absolute atomic E-state index is 0.602. The van der Waals surface area contributed by atoms with Crippen LogP contribution >= 0.6 is 0 Å². The molecule has 2 heteroatoms. The normalized spacial score (nSPS) is 12.9. The van der Waals surface area contributed by atoms with Gasteiger partial charge in [-0.1, -0.05) is 211 Å². The van der Waals surface area contributed by atoms with Crippen LogP contribution in [0, 0.1) is 11.8 Å². The van der Waals surface area contributed by atoms with Crippen LogP contribution < -0.4 is 9.47 Å². The summed E-state index contributed by atoms with van der Waals surface area (Å²) in [6.07, 6.45) is 31.9. The van der Waals surface area contributed by atoms with Crippen molar-refractivity contribution < 1.29 is 9.47 Å². The summed E-state index contributed by atoms with van der Waals surface area (Å²) in [5.74, 6) is 3.12. The van der Waals surface area contributed by atoms with Crippen LogP contribution in [-0.2, 0) is 0 Å². The molecule has 0 aliphatic rings. The molecule has 0 fully saturated rings. The Balaban J connectivity index is 1.40. The second-order valence-electron chi connectivity index (χ2n) is 17.3. The monoisotopic (exact) mass is 759 g/mol. The fraction of sp³-hybridized carbons (Fsp3) is 0.593. The average molecular weight is 759 g/mol. The third kappa shape index (κ3) is 13.7. The molecule has 0 heterocycles. The molecule has 306 valence electrons. The van der Waals surface area contributed by atoms with Gasteiger partial charge in [0.05, 0.1) is 13.2 Å². The molecule has 0 saturated heterocycles. The van der Waals surface area contributed by atoms with Crippen LogP contribution in [0.1, 0.15) is 182 Å². The van der Waals surface area contributed by atoms with Gasteiger partial charge in [0.25, 0.3) is 0 Å². The Kier molecular flexibility index (Phi) is 19.7. The Morgan fingerprint density at radius 2 is 0.786 bits per heavy atom. The predicted octanol–water partition coefficient (Wildman–Crippen LogP) is 17.7. The molecule has 5 rings (SSSR count). The molecule has 2 atom stereocenters. The highest BCUT2D eigenvalue weighted by atomic mass is 16.5. The van der Waals surface area contributed by atoms with E-state index in [-0.39, 0.29) is 0 Å². The molecule has 2 nitrogen and oxygen atoms in total. The summed E-state index contributed by atoms with van der Waals surface area (Å²) >= 11 is 0. The largest absolute Gasteiger partial charge is 0.493 e. The first-order chi connectivity index (χ1) is 27.6. The second kappa shape index (κ2) is 25.2. The van der Waals surface area contributed by atoms with Crippen molar-refractivity contribution in [1.29, 1.82) is 0 Å². The van der Waals surface area contributed by atoms with Gasteiger partial charge in [0.1, 0.15) is 11.5 Å². The van der Waals surface area contributed by atoms with Crippen molar-refractivity contribution in [1.82, 2.24) is 0 Å². The van der Waals surface area contributed by atoms with Crippen molar-refractivity contribution >= 4 is 32.3 Å². The molecule has 0 aliphatic carbocycles. The Hall–Kier alpha value is -3.26. The van der Waals surface area contributed by atoms with Crippen LogP contribution in [0.3, 0.4) is 0 Å². The summed E-state index contributed by atoms with van der Waals surface area (Å²) in [5, 5.41) is 7.97. The molecular formula is C54H78O2.